The van der Waals surface area contributed by atoms with E-state index in [0.29, 0.717) is 29.8 Å². The number of carbonyl (C=O) groups is 2. The number of carbonyl (C=O) groups excluding carboxylic acids is 2. The maximum Gasteiger partial charge on any atom is 0.341 e. The van der Waals surface area contributed by atoms with Gasteiger partial charge in [-0.2, -0.15) is 4.31 Å². The molecule has 8 nitrogen and oxygen atoms in total. The second-order valence-electron chi connectivity index (χ2n) is 10.1. The minimum atomic E-state index is -4.00. The second kappa shape index (κ2) is 8.95. The smallest absolute Gasteiger partial charge is 0.341 e. The number of sulfonamides is 1. The molecule has 1 unspecified atom stereocenters. The molecule has 0 bridgehead atoms. The number of esters is 1. The number of nitrogens with zero attached hydrogens (tertiary/aromatic N) is 1. The maximum absolute atomic E-state index is 13.4. The molecular weight excluding hydrogens is 493 g/mol. The number of hydrogen-bond acceptors (Lipinski definition) is 7. The van der Waals surface area contributed by atoms with Crippen LogP contribution in [-0.2, 0) is 31.5 Å². The summed E-state index contributed by atoms with van der Waals surface area (Å²) in [6.45, 7) is 8.30. The van der Waals surface area contributed by atoms with Crippen LogP contribution in [0.1, 0.15) is 61.3 Å². The van der Waals surface area contributed by atoms with Crippen molar-refractivity contribution in [2.45, 2.75) is 69.0 Å². The second-order valence-corrected chi connectivity index (χ2v) is 13.0. The summed E-state index contributed by atoms with van der Waals surface area (Å²) >= 11 is 1.30. The molecule has 1 aromatic carbocycles. The highest BCUT2D eigenvalue weighted by atomic mass is 32.2. The third-order valence-electron chi connectivity index (χ3n) is 6.40. The van der Waals surface area contributed by atoms with Gasteiger partial charge in [0.2, 0.25) is 15.9 Å². The maximum atomic E-state index is 13.4. The van der Waals surface area contributed by atoms with Gasteiger partial charge in [-0.25, -0.2) is 17.6 Å². The number of anilines is 1. The minimum Gasteiger partial charge on any atom is -0.465 e. The quantitative estimate of drug-likeness (QED) is 0.580. The highest BCUT2D eigenvalue weighted by Crippen LogP contribution is 2.45. The number of ether oxygens (including phenoxy) is 1. The SMILES string of the molecule is COC(=O)c1c(NC(=O)C2CCCN2S(=O)(=O)c2ccc(F)cc2)sc2c1CC(C)(C)NC2(C)C. The Labute approximate surface area is 208 Å². The highest BCUT2D eigenvalue weighted by Gasteiger charge is 2.44. The highest BCUT2D eigenvalue weighted by molar-refractivity contribution is 7.89. The van der Waals surface area contributed by atoms with Crippen LogP contribution in [0, 0.1) is 5.82 Å². The van der Waals surface area contributed by atoms with Crippen molar-refractivity contribution in [3.8, 4) is 0 Å². The zero-order chi connectivity index (χ0) is 25.8. The fraction of sp³-hybridized carbons (Fsp3) is 0.500. The predicted molar refractivity (Wildman–Crippen MR) is 132 cm³/mol. The summed E-state index contributed by atoms with van der Waals surface area (Å²) in [6.07, 6.45) is 1.41. The van der Waals surface area contributed by atoms with Crippen LogP contribution in [0.25, 0.3) is 0 Å². The number of benzene rings is 1. The zero-order valence-electron chi connectivity index (χ0n) is 20.4. The van der Waals surface area contributed by atoms with Gasteiger partial charge in [-0.15, -0.1) is 11.3 Å². The van der Waals surface area contributed by atoms with Gasteiger partial charge in [0.15, 0.2) is 0 Å². The van der Waals surface area contributed by atoms with Crippen molar-refractivity contribution in [3.63, 3.8) is 0 Å². The van der Waals surface area contributed by atoms with E-state index in [1.165, 1.54) is 30.6 Å². The Hall–Kier alpha value is -2.34. The molecular formula is C24H30FN3O5S2. The van der Waals surface area contributed by atoms with E-state index in [1.807, 2.05) is 27.7 Å². The summed E-state index contributed by atoms with van der Waals surface area (Å²) in [5, 5.41) is 6.76. The molecule has 190 valence electrons. The number of thiophene rings is 1. The molecule has 3 heterocycles. The van der Waals surface area contributed by atoms with E-state index >= 15 is 0 Å². The Kier molecular flexibility index (Phi) is 6.58. The number of amides is 1. The van der Waals surface area contributed by atoms with Gasteiger partial charge in [0.25, 0.3) is 0 Å². The Morgan fingerprint density at radius 1 is 1.20 bits per heavy atom. The zero-order valence-corrected chi connectivity index (χ0v) is 22.0. The fourth-order valence-electron chi connectivity index (χ4n) is 5.16. The lowest BCUT2D eigenvalue weighted by Crippen LogP contribution is -2.55. The van der Waals surface area contributed by atoms with E-state index in [0.717, 1.165) is 26.9 Å². The number of hydrogen-bond donors (Lipinski definition) is 2. The molecule has 1 aromatic heterocycles. The first-order chi connectivity index (χ1) is 16.3. The lowest BCUT2D eigenvalue weighted by molar-refractivity contribution is -0.119. The summed E-state index contributed by atoms with van der Waals surface area (Å²) in [6, 6.07) is 3.59. The van der Waals surface area contributed by atoms with E-state index in [4.69, 9.17) is 4.74 Å². The van der Waals surface area contributed by atoms with Gasteiger partial charge < -0.3 is 15.4 Å². The first kappa shape index (κ1) is 25.7. The van der Waals surface area contributed by atoms with Crippen molar-refractivity contribution < 1.29 is 27.1 Å². The number of nitrogens with one attached hydrogen (secondary N) is 2. The molecule has 35 heavy (non-hydrogen) atoms. The van der Waals surface area contributed by atoms with Crippen LogP contribution in [0.2, 0.25) is 0 Å². The van der Waals surface area contributed by atoms with Gasteiger partial charge in [0, 0.05) is 22.5 Å². The molecule has 1 fully saturated rings. The van der Waals surface area contributed by atoms with Crippen molar-refractivity contribution in [1.82, 2.24) is 9.62 Å². The van der Waals surface area contributed by atoms with E-state index in [9.17, 15) is 22.4 Å². The summed E-state index contributed by atoms with van der Waals surface area (Å²) in [5.74, 6) is -1.60. The van der Waals surface area contributed by atoms with E-state index in [2.05, 4.69) is 10.6 Å². The normalized spacial score (nSPS) is 21.4. The average molecular weight is 524 g/mol. The van der Waals surface area contributed by atoms with Crippen LogP contribution in [0.4, 0.5) is 9.39 Å². The lowest BCUT2D eigenvalue weighted by Gasteiger charge is -2.42. The molecule has 2 aliphatic heterocycles. The summed E-state index contributed by atoms with van der Waals surface area (Å²) in [4.78, 5) is 27.0. The van der Waals surface area contributed by atoms with Crippen LogP contribution < -0.4 is 10.6 Å². The molecule has 2 aliphatic rings. The van der Waals surface area contributed by atoms with Crippen LogP contribution in [0.3, 0.4) is 0 Å². The Morgan fingerprint density at radius 3 is 2.49 bits per heavy atom. The monoisotopic (exact) mass is 523 g/mol. The topological polar surface area (TPSA) is 105 Å². The average Bonchev–Trinajstić information content (AvgIpc) is 3.38. The third kappa shape index (κ3) is 4.74. The van der Waals surface area contributed by atoms with Gasteiger partial charge in [-0.05, 0) is 76.8 Å². The fourth-order valence-corrected chi connectivity index (χ4v) is 8.09. The number of fused-ring (bicyclic) bond motifs is 1. The van der Waals surface area contributed by atoms with Crippen molar-refractivity contribution >= 4 is 38.2 Å². The van der Waals surface area contributed by atoms with Gasteiger partial charge in [-0.3, -0.25) is 4.79 Å². The molecule has 0 radical (unpaired) electrons. The molecule has 0 spiro atoms. The van der Waals surface area contributed by atoms with Crippen molar-refractivity contribution in [2.75, 3.05) is 19.0 Å². The summed E-state index contributed by atoms with van der Waals surface area (Å²) < 4.78 is 45.9. The Balaban J connectivity index is 1.68. The molecule has 2 N–H and O–H groups in total. The van der Waals surface area contributed by atoms with Crippen molar-refractivity contribution in [1.29, 1.82) is 0 Å². The molecule has 1 saturated heterocycles. The van der Waals surface area contributed by atoms with Crippen LogP contribution >= 0.6 is 11.3 Å². The molecule has 4 rings (SSSR count). The first-order valence-electron chi connectivity index (χ1n) is 11.4. The van der Waals surface area contributed by atoms with Crippen molar-refractivity contribution in [3.05, 3.63) is 46.1 Å². The molecule has 1 atom stereocenters. The Bertz CT molecular complexity index is 1270. The van der Waals surface area contributed by atoms with E-state index < -0.39 is 39.3 Å². The molecule has 0 aliphatic carbocycles. The largest absolute Gasteiger partial charge is 0.465 e. The van der Waals surface area contributed by atoms with Crippen LogP contribution in [0.5, 0.6) is 0 Å². The molecule has 11 heteroatoms. The van der Waals surface area contributed by atoms with Crippen LogP contribution in [0.15, 0.2) is 29.2 Å². The van der Waals surface area contributed by atoms with E-state index in [-0.39, 0.29) is 17.0 Å². The summed E-state index contributed by atoms with van der Waals surface area (Å²) in [7, 11) is -2.71. The minimum absolute atomic E-state index is 0.0736. The third-order valence-corrected chi connectivity index (χ3v) is 9.79. The molecule has 1 amide bonds. The standard InChI is InChI=1S/C24H30FN3O5S2/c1-23(2)13-16-18(22(30)33-5)21(34-19(16)24(3,4)27-23)26-20(29)17-7-6-12-28(17)35(31,32)15-10-8-14(25)9-11-15/h8-11,17,27H,6-7,12-13H2,1-5H3,(H,26,29). The lowest BCUT2D eigenvalue weighted by atomic mass is 9.81. The van der Waals surface area contributed by atoms with Gasteiger partial charge in [0.05, 0.1) is 17.6 Å². The van der Waals surface area contributed by atoms with Crippen LogP contribution in [-0.4, -0.2) is 49.8 Å². The number of rotatable bonds is 5. The van der Waals surface area contributed by atoms with E-state index in [1.54, 1.807) is 0 Å². The number of halogens is 1. The van der Waals surface area contributed by atoms with Gasteiger partial charge >= 0.3 is 5.97 Å². The summed E-state index contributed by atoms with van der Waals surface area (Å²) in [5.41, 5.74) is 0.411. The molecule has 0 saturated carbocycles. The predicted octanol–water partition coefficient (Wildman–Crippen LogP) is 3.63. The van der Waals surface area contributed by atoms with Crippen molar-refractivity contribution in [2.24, 2.45) is 0 Å². The molecule has 2 aromatic rings. The number of methoxy groups -OCH3 is 1. The Morgan fingerprint density at radius 2 is 1.86 bits per heavy atom. The van der Waals surface area contributed by atoms with Gasteiger partial charge in [-0.1, -0.05) is 0 Å². The first-order valence-corrected chi connectivity index (χ1v) is 13.6. The van der Waals surface area contributed by atoms with Gasteiger partial charge in [0.1, 0.15) is 16.9 Å².